The quantitative estimate of drug-likeness (QED) is 0.471. The molecule has 4 heteroatoms. The van der Waals surface area contributed by atoms with Crippen molar-refractivity contribution in [3.05, 3.63) is 12.2 Å². The average Bonchev–Trinajstić information content (AvgIpc) is 2.04. The molecule has 0 atom stereocenters. The van der Waals surface area contributed by atoms with Gasteiger partial charge in [0.15, 0.2) is 0 Å². The molecule has 0 amide bonds. The molecule has 0 aliphatic carbocycles. The number of esters is 1. The normalized spacial score (nSPS) is 10.2. The van der Waals surface area contributed by atoms with Gasteiger partial charge in [0.25, 0.3) is 0 Å². The molecular weight excluding hydrogens is 170 g/mol. The smallest absolute Gasteiger partial charge is 0.333 e. The van der Waals surface area contributed by atoms with Gasteiger partial charge in [-0.1, -0.05) is 6.58 Å². The van der Waals surface area contributed by atoms with Crippen molar-refractivity contribution in [2.45, 2.75) is 6.92 Å². The molecule has 0 spiro atoms. The van der Waals surface area contributed by atoms with Crippen LogP contribution in [0.4, 0.5) is 0 Å². The minimum atomic E-state index is -0.364. The molecule has 0 heterocycles. The third-order valence-electron chi connectivity index (χ3n) is 1.54. The summed E-state index contributed by atoms with van der Waals surface area (Å²) < 4.78 is 4.86. The minimum Gasteiger partial charge on any atom is -0.461 e. The second-order valence-corrected chi connectivity index (χ2v) is 2.94. The summed E-state index contributed by atoms with van der Waals surface area (Å²) >= 11 is 0. The van der Waals surface area contributed by atoms with Crippen molar-refractivity contribution in [1.29, 1.82) is 0 Å². The van der Waals surface area contributed by atoms with Crippen LogP contribution >= 0.6 is 0 Å². The van der Waals surface area contributed by atoms with Crippen molar-refractivity contribution in [2.24, 2.45) is 0 Å². The molecule has 0 bridgehead atoms. The number of aliphatic hydroxyl groups is 1. The van der Waals surface area contributed by atoms with Gasteiger partial charge >= 0.3 is 5.97 Å². The van der Waals surface area contributed by atoms with E-state index in [2.05, 4.69) is 6.58 Å². The van der Waals surface area contributed by atoms with Crippen LogP contribution in [0.25, 0.3) is 0 Å². The van der Waals surface area contributed by atoms with E-state index in [0.29, 0.717) is 25.3 Å². The standard InChI is InChI=1S/C9H17NO3/c1-8(2)9(12)13-7-5-10(3)4-6-11/h11H,1,4-7H2,2-3H3. The molecule has 0 aromatic rings. The van der Waals surface area contributed by atoms with Gasteiger partial charge in [0.1, 0.15) is 6.61 Å². The van der Waals surface area contributed by atoms with E-state index in [-0.39, 0.29) is 12.6 Å². The Morgan fingerprint density at radius 2 is 2.15 bits per heavy atom. The van der Waals surface area contributed by atoms with E-state index < -0.39 is 0 Å². The zero-order valence-electron chi connectivity index (χ0n) is 8.25. The summed E-state index contributed by atoms with van der Waals surface area (Å²) in [5.41, 5.74) is 0.407. The Morgan fingerprint density at radius 1 is 1.54 bits per heavy atom. The molecule has 0 aromatic carbocycles. The number of ether oxygens (including phenoxy) is 1. The van der Waals surface area contributed by atoms with Crippen LogP contribution in [0.3, 0.4) is 0 Å². The van der Waals surface area contributed by atoms with Crippen LogP contribution < -0.4 is 0 Å². The van der Waals surface area contributed by atoms with Crippen LogP contribution in [0.1, 0.15) is 6.92 Å². The van der Waals surface area contributed by atoms with Gasteiger partial charge in [0, 0.05) is 18.7 Å². The lowest BCUT2D eigenvalue weighted by Gasteiger charge is -2.14. The summed E-state index contributed by atoms with van der Waals surface area (Å²) in [6.45, 7) is 6.74. The molecule has 76 valence electrons. The molecule has 0 aliphatic heterocycles. The van der Waals surface area contributed by atoms with E-state index in [0.717, 1.165) is 0 Å². The Hall–Kier alpha value is -0.870. The lowest BCUT2D eigenvalue weighted by Crippen LogP contribution is -2.27. The zero-order chi connectivity index (χ0) is 10.3. The fourth-order valence-corrected chi connectivity index (χ4v) is 0.700. The highest BCUT2D eigenvalue weighted by Gasteiger charge is 2.03. The van der Waals surface area contributed by atoms with Gasteiger partial charge in [-0.25, -0.2) is 4.79 Å². The lowest BCUT2D eigenvalue weighted by molar-refractivity contribution is -0.139. The van der Waals surface area contributed by atoms with Crippen molar-refractivity contribution in [3.8, 4) is 0 Å². The molecule has 1 N–H and O–H groups in total. The molecule has 0 rings (SSSR count). The highest BCUT2D eigenvalue weighted by Crippen LogP contribution is 1.92. The number of nitrogens with zero attached hydrogens (tertiary/aromatic N) is 1. The highest BCUT2D eigenvalue weighted by molar-refractivity contribution is 5.86. The molecule has 0 saturated carbocycles. The van der Waals surface area contributed by atoms with Gasteiger partial charge in [-0.05, 0) is 14.0 Å². The summed E-state index contributed by atoms with van der Waals surface area (Å²) in [6, 6.07) is 0. The SMILES string of the molecule is C=C(C)C(=O)OCCN(C)CCO. The van der Waals surface area contributed by atoms with Crippen molar-refractivity contribution in [1.82, 2.24) is 4.90 Å². The summed E-state index contributed by atoms with van der Waals surface area (Å²) in [7, 11) is 1.85. The number of carbonyl (C=O) groups excluding carboxylic acids is 1. The van der Waals surface area contributed by atoms with Gasteiger partial charge in [0.05, 0.1) is 6.61 Å². The second-order valence-electron chi connectivity index (χ2n) is 2.94. The van der Waals surface area contributed by atoms with Crippen LogP contribution in [-0.2, 0) is 9.53 Å². The number of hydrogen-bond acceptors (Lipinski definition) is 4. The first-order valence-corrected chi connectivity index (χ1v) is 4.20. The predicted molar refractivity (Wildman–Crippen MR) is 50.4 cm³/mol. The maximum Gasteiger partial charge on any atom is 0.333 e. The topological polar surface area (TPSA) is 49.8 Å². The first-order valence-electron chi connectivity index (χ1n) is 4.20. The van der Waals surface area contributed by atoms with E-state index in [9.17, 15) is 4.79 Å². The molecule has 13 heavy (non-hydrogen) atoms. The Labute approximate surface area is 78.8 Å². The van der Waals surface area contributed by atoms with Gasteiger partial charge in [-0.15, -0.1) is 0 Å². The third kappa shape index (κ3) is 6.31. The fourth-order valence-electron chi connectivity index (χ4n) is 0.700. The maximum absolute atomic E-state index is 10.9. The Kier molecular flexibility index (Phi) is 6.18. The van der Waals surface area contributed by atoms with Gasteiger partial charge in [0.2, 0.25) is 0 Å². The first kappa shape index (κ1) is 12.1. The summed E-state index contributed by atoms with van der Waals surface area (Å²) in [5.74, 6) is -0.364. The molecule has 0 radical (unpaired) electrons. The molecule has 4 nitrogen and oxygen atoms in total. The minimum absolute atomic E-state index is 0.116. The van der Waals surface area contributed by atoms with Crippen LogP contribution in [0.5, 0.6) is 0 Å². The van der Waals surface area contributed by atoms with E-state index in [1.54, 1.807) is 6.92 Å². The van der Waals surface area contributed by atoms with Crippen LogP contribution in [0.15, 0.2) is 12.2 Å². The molecular formula is C9H17NO3. The van der Waals surface area contributed by atoms with Crippen LogP contribution in [-0.4, -0.2) is 49.3 Å². The Balaban J connectivity index is 3.44. The monoisotopic (exact) mass is 187 g/mol. The van der Waals surface area contributed by atoms with E-state index in [1.807, 2.05) is 11.9 Å². The van der Waals surface area contributed by atoms with Gasteiger partial charge < -0.3 is 14.7 Å². The summed E-state index contributed by atoms with van der Waals surface area (Å²) in [6.07, 6.45) is 0. The van der Waals surface area contributed by atoms with Crippen molar-refractivity contribution in [3.63, 3.8) is 0 Å². The van der Waals surface area contributed by atoms with Crippen molar-refractivity contribution in [2.75, 3.05) is 33.4 Å². The summed E-state index contributed by atoms with van der Waals surface area (Å²) in [5, 5.41) is 8.57. The van der Waals surface area contributed by atoms with Gasteiger partial charge in [-0.3, -0.25) is 0 Å². The third-order valence-corrected chi connectivity index (χ3v) is 1.54. The van der Waals surface area contributed by atoms with Crippen molar-refractivity contribution < 1.29 is 14.6 Å². The fraction of sp³-hybridized carbons (Fsp3) is 0.667. The number of rotatable bonds is 6. The number of likely N-dealkylation sites (N-methyl/N-ethyl adjacent to an activating group) is 1. The average molecular weight is 187 g/mol. The lowest BCUT2D eigenvalue weighted by atomic mass is 10.4. The molecule has 0 fully saturated rings. The second kappa shape index (κ2) is 6.62. The Bertz CT molecular complexity index is 180. The maximum atomic E-state index is 10.9. The van der Waals surface area contributed by atoms with Gasteiger partial charge in [-0.2, -0.15) is 0 Å². The number of carbonyl (C=O) groups is 1. The van der Waals surface area contributed by atoms with E-state index in [4.69, 9.17) is 9.84 Å². The zero-order valence-corrected chi connectivity index (χ0v) is 8.25. The van der Waals surface area contributed by atoms with E-state index >= 15 is 0 Å². The van der Waals surface area contributed by atoms with Crippen LogP contribution in [0, 0.1) is 0 Å². The molecule has 0 saturated heterocycles. The van der Waals surface area contributed by atoms with Crippen LogP contribution in [0.2, 0.25) is 0 Å². The molecule has 0 unspecified atom stereocenters. The predicted octanol–water partition coefficient (Wildman–Crippen LogP) is 0.0298. The molecule has 0 aromatic heterocycles. The Morgan fingerprint density at radius 3 is 2.62 bits per heavy atom. The number of aliphatic hydroxyl groups excluding tert-OH is 1. The number of hydrogen-bond donors (Lipinski definition) is 1. The van der Waals surface area contributed by atoms with E-state index in [1.165, 1.54) is 0 Å². The largest absolute Gasteiger partial charge is 0.461 e. The first-order chi connectivity index (χ1) is 6.07. The highest BCUT2D eigenvalue weighted by atomic mass is 16.5. The molecule has 0 aliphatic rings. The van der Waals surface area contributed by atoms with Crippen molar-refractivity contribution >= 4 is 5.97 Å². The summed E-state index contributed by atoms with van der Waals surface area (Å²) in [4.78, 5) is 12.8.